The van der Waals surface area contributed by atoms with Crippen LogP contribution in [0.15, 0.2) is 67.0 Å². The Kier molecular flexibility index (Phi) is 5.36. The van der Waals surface area contributed by atoms with Crippen LogP contribution in [0.4, 0.5) is 11.5 Å². The van der Waals surface area contributed by atoms with E-state index in [1.807, 2.05) is 55.5 Å². The van der Waals surface area contributed by atoms with Crippen molar-refractivity contribution in [1.29, 1.82) is 0 Å². The van der Waals surface area contributed by atoms with E-state index in [1.165, 1.54) is 6.33 Å². The molecule has 0 aliphatic carbocycles. The van der Waals surface area contributed by atoms with Crippen LogP contribution in [0.3, 0.4) is 0 Å². The highest BCUT2D eigenvalue weighted by Crippen LogP contribution is 2.21. The summed E-state index contributed by atoms with van der Waals surface area (Å²) >= 11 is 0. The second kappa shape index (κ2) is 8.06. The molecule has 0 atom stereocenters. The van der Waals surface area contributed by atoms with E-state index in [9.17, 15) is 4.79 Å². The average molecular weight is 332 g/mol. The minimum atomic E-state index is -0.0539. The van der Waals surface area contributed by atoms with Crippen molar-refractivity contribution >= 4 is 17.4 Å². The molecule has 0 aliphatic rings. The zero-order valence-electron chi connectivity index (χ0n) is 14.1. The molecule has 0 spiro atoms. The van der Waals surface area contributed by atoms with Crippen molar-refractivity contribution in [3.05, 3.63) is 72.6 Å². The number of anilines is 2. The van der Waals surface area contributed by atoms with Crippen molar-refractivity contribution in [2.24, 2.45) is 0 Å². The Labute approximate surface area is 147 Å². The second-order valence-corrected chi connectivity index (χ2v) is 5.61. The fraction of sp³-hybridized carbons (Fsp3) is 0.150. The van der Waals surface area contributed by atoms with Gasteiger partial charge in [-0.2, -0.15) is 0 Å². The summed E-state index contributed by atoms with van der Waals surface area (Å²) in [6.07, 6.45) is 2.46. The molecular weight excluding hydrogens is 312 g/mol. The summed E-state index contributed by atoms with van der Waals surface area (Å²) in [5.74, 6) is 0.652. The summed E-state index contributed by atoms with van der Waals surface area (Å²) in [5.41, 5.74) is 3.40. The van der Waals surface area contributed by atoms with E-state index in [2.05, 4.69) is 20.6 Å². The maximum Gasteiger partial charge on any atom is 0.251 e. The van der Waals surface area contributed by atoms with E-state index in [4.69, 9.17) is 0 Å². The van der Waals surface area contributed by atoms with E-state index in [1.54, 1.807) is 12.1 Å². The maximum absolute atomic E-state index is 11.9. The number of aromatic nitrogens is 2. The van der Waals surface area contributed by atoms with Gasteiger partial charge < -0.3 is 10.6 Å². The van der Waals surface area contributed by atoms with Crippen molar-refractivity contribution in [3.8, 4) is 11.3 Å². The molecule has 0 bridgehead atoms. The topological polar surface area (TPSA) is 66.9 Å². The van der Waals surface area contributed by atoms with Crippen molar-refractivity contribution in [2.75, 3.05) is 11.9 Å². The number of hydrogen-bond donors (Lipinski definition) is 2. The molecule has 0 radical (unpaired) electrons. The van der Waals surface area contributed by atoms with Crippen LogP contribution < -0.4 is 10.6 Å². The second-order valence-electron chi connectivity index (χ2n) is 5.61. The summed E-state index contributed by atoms with van der Waals surface area (Å²) in [6, 6.07) is 19.2. The van der Waals surface area contributed by atoms with Crippen molar-refractivity contribution in [2.45, 2.75) is 13.3 Å². The minimum absolute atomic E-state index is 0.0539. The first-order valence-electron chi connectivity index (χ1n) is 8.29. The van der Waals surface area contributed by atoms with Crippen LogP contribution in [0.1, 0.15) is 23.7 Å². The monoisotopic (exact) mass is 332 g/mol. The molecular formula is C20H20N4O. The molecule has 0 aliphatic heterocycles. The first kappa shape index (κ1) is 16.6. The third-order valence-electron chi connectivity index (χ3n) is 3.69. The highest BCUT2D eigenvalue weighted by molar-refractivity contribution is 5.94. The first-order valence-corrected chi connectivity index (χ1v) is 8.29. The van der Waals surface area contributed by atoms with Crippen molar-refractivity contribution < 1.29 is 4.79 Å². The van der Waals surface area contributed by atoms with Gasteiger partial charge in [0.25, 0.3) is 5.91 Å². The lowest BCUT2D eigenvalue weighted by Crippen LogP contribution is -2.23. The summed E-state index contributed by atoms with van der Waals surface area (Å²) in [7, 11) is 0. The smallest absolute Gasteiger partial charge is 0.251 e. The fourth-order valence-corrected chi connectivity index (χ4v) is 2.39. The normalized spacial score (nSPS) is 10.3. The molecule has 2 aromatic carbocycles. The van der Waals surface area contributed by atoms with Gasteiger partial charge in [-0.1, -0.05) is 37.3 Å². The fourth-order valence-electron chi connectivity index (χ4n) is 2.39. The Balaban J connectivity index is 1.71. The zero-order valence-corrected chi connectivity index (χ0v) is 14.1. The predicted molar refractivity (Wildman–Crippen MR) is 99.8 cm³/mol. The van der Waals surface area contributed by atoms with Gasteiger partial charge in [-0.05, 0) is 30.7 Å². The average Bonchev–Trinajstić information content (AvgIpc) is 2.67. The van der Waals surface area contributed by atoms with Gasteiger partial charge in [-0.25, -0.2) is 9.97 Å². The number of nitrogens with one attached hydrogen (secondary N) is 2. The number of carbonyl (C=O) groups excluding carboxylic acids is 1. The van der Waals surface area contributed by atoms with Crippen LogP contribution in [0, 0.1) is 0 Å². The first-order chi connectivity index (χ1) is 12.3. The highest BCUT2D eigenvalue weighted by Gasteiger charge is 2.05. The van der Waals surface area contributed by atoms with E-state index in [-0.39, 0.29) is 5.91 Å². The quantitative estimate of drug-likeness (QED) is 0.715. The molecule has 2 N–H and O–H groups in total. The number of hydrogen-bond acceptors (Lipinski definition) is 4. The van der Waals surface area contributed by atoms with Crippen LogP contribution in [-0.4, -0.2) is 22.4 Å². The molecule has 1 amide bonds. The molecule has 1 heterocycles. The molecule has 5 nitrogen and oxygen atoms in total. The Morgan fingerprint density at radius 1 is 1.00 bits per heavy atom. The summed E-state index contributed by atoms with van der Waals surface area (Å²) in [6.45, 7) is 2.71. The molecule has 1 aromatic heterocycles. The predicted octanol–water partition coefficient (Wildman–Crippen LogP) is 4.03. The summed E-state index contributed by atoms with van der Waals surface area (Å²) < 4.78 is 0. The third-order valence-corrected chi connectivity index (χ3v) is 3.69. The molecule has 25 heavy (non-hydrogen) atoms. The molecule has 3 aromatic rings. The van der Waals surface area contributed by atoms with Crippen LogP contribution in [0.2, 0.25) is 0 Å². The number of rotatable bonds is 6. The van der Waals surface area contributed by atoms with Gasteiger partial charge in [0.15, 0.2) is 0 Å². The number of amides is 1. The SMILES string of the molecule is CCCNC(=O)c1ccc(Nc2cc(-c3ccccc3)ncn2)cc1. The van der Waals surface area contributed by atoms with Gasteiger partial charge in [0.1, 0.15) is 12.1 Å². The Bertz CT molecular complexity index is 832. The lowest BCUT2D eigenvalue weighted by Gasteiger charge is -2.08. The molecule has 126 valence electrons. The zero-order chi connectivity index (χ0) is 17.5. The van der Waals surface area contributed by atoms with Gasteiger partial charge in [-0.15, -0.1) is 0 Å². The van der Waals surface area contributed by atoms with Crippen molar-refractivity contribution in [3.63, 3.8) is 0 Å². The van der Waals surface area contributed by atoms with E-state index < -0.39 is 0 Å². The van der Waals surface area contributed by atoms with Crippen LogP contribution in [-0.2, 0) is 0 Å². The largest absolute Gasteiger partial charge is 0.352 e. The lowest BCUT2D eigenvalue weighted by molar-refractivity contribution is 0.0953. The molecule has 0 saturated carbocycles. The van der Waals surface area contributed by atoms with E-state index in [0.29, 0.717) is 17.9 Å². The van der Waals surface area contributed by atoms with Gasteiger partial charge in [0, 0.05) is 29.4 Å². The molecule has 0 fully saturated rings. The highest BCUT2D eigenvalue weighted by atomic mass is 16.1. The van der Waals surface area contributed by atoms with Gasteiger partial charge in [0.2, 0.25) is 0 Å². The molecule has 0 saturated heterocycles. The van der Waals surface area contributed by atoms with Gasteiger partial charge >= 0.3 is 0 Å². The number of carbonyl (C=O) groups is 1. The molecule has 5 heteroatoms. The lowest BCUT2D eigenvalue weighted by atomic mass is 10.1. The Morgan fingerprint density at radius 3 is 2.48 bits per heavy atom. The standard InChI is InChI=1S/C20H20N4O/c1-2-12-21-20(25)16-8-10-17(11-9-16)24-19-13-18(22-14-23-19)15-6-4-3-5-7-15/h3-11,13-14H,2,12H2,1H3,(H,21,25)(H,22,23,24). The third kappa shape index (κ3) is 4.41. The summed E-state index contributed by atoms with van der Waals surface area (Å²) in [5, 5.41) is 6.10. The van der Waals surface area contributed by atoms with Gasteiger partial charge in [0.05, 0.1) is 5.69 Å². The maximum atomic E-state index is 11.9. The van der Waals surface area contributed by atoms with E-state index in [0.717, 1.165) is 23.4 Å². The molecule has 0 unspecified atom stereocenters. The van der Waals surface area contributed by atoms with Crippen LogP contribution in [0.25, 0.3) is 11.3 Å². The minimum Gasteiger partial charge on any atom is -0.352 e. The van der Waals surface area contributed by atoms with Crippen LogP contribution in [0.5, 0.6) is 0 Å². The van der Waals surface area contributed by atoms with E-state index >= 15 is 0 Å². The molecule has 3 rings (SSSR count). The van der Waals surface area contributed by atoms with Gasteiger partial charge in [-0.3, -0.25) is 4.79 Å². The van der Waals surface area contributed by atoms with Crippen molar-refractivity contribution in [1.82, 2.24) is 15.3 Å². The Morgan fingerprint density at radius 2 is 1.76 bits per heavy atom. The Hall–Kier alpha value is -3.21. The number of nitrogens with zero attached hydrogens (tertiary/aromatic N) is 2. The van der Waals surface area contributed by atoms with Crippen LogP contribution >= 0.6 is 0 Å². The number of benzene rings is 2. The summed E-state index contributed by atoms with van der Waals surface area (Å²) in [4.78, 5) is 20.5.